The van der Waals surface area contributed by atoms with Gasteiger partial charge in [-0.25, -0.2) is 8.42 Å². The SMILES string of the molecule is Cc1ccc(S(=O)(=O)N(CC2CCCN2)C2CC2)c(Br)c1. The van der Waals surface area contributed by atoms with Crippen LogP contribution in [0.4, 0.5) is 0 Å². The molecule has 0 radical (unpaired) electrons. The van der Waals surface area contributed by atoms with Crippen molar-refractivity contribution in [1.29, 1.82) is 0 Å². The molecule has 21 heavy (non-hydrogen) atoms. The third kappa shape index (κ3) is 3.33. The van der Waals surface area contributed by atoms with Gasteiger partial charge in [-0.15, -0.1) is 0 Å². The zero-order valence-corrected chi connectivity index (χ0v) is 14.6. The first-order valence-corrected chi connectivity index (χ1v) is 9.73. The summed E-state index contributed by atoms with van der Waals surface area (Å²) in [5.74, 6) is 0. The van der Waals surface area contributed by atoms with Gasteiger partial charge in [0, 0.05) is 23.1 Å². The van der Waals surface area contributed by atoms with Gasteiger partial charge in [0.15, 0.2) is 0 Å². The first-order valence-electron chi connectivity index (χ1n) is 7.50. The van der Waals surface area contributed by atoms with E-state index in [-0.39, 0.29) is 6.04 Å². The molecule has 3 rings (SSSR count). The van der Waals surface area contributed by atoms with Gasteiger partial charge in [0.25, 0.3) is 0 Å². The fourth-order valence-electron chi connectivity index (χ4n) is 2.88. The normalized spacial score (nSPS) is 22.9. The van der Waals surface area contributed by atoms with Gasteiger partial charge in [-0.3, -0.25) is 0 Å². The van der Waals surface area contributed by atoms with Crippen LogP contribution in [0.5, 0.6) is 0 Å². The van der Waals surface area contributed by atoms with Crippen LogP contribution in [0.15, 0.2) is 27.6 Å². The smallest absolute Gasteiger partial charge is 0.244 e. The fourth-order valence-corrected chi connectivity index (χ4v) is 5.76. The molecule has 1 aliphatic heterocycles. The van der Waals surface area contributed by atoms with Crippen LogP contribution in [0.3, 0.4) is 0 Å². The van der Waals surface area contributed by atoms with Gasteiger partial charge in [0.2, 0.25) is 10.0 Å². The summed E-state index contributed by atoms with van der Waals surface area (Å²) in [6, 6.07) is 5.92. The summed E-state index contributed by atoms with van der Waals surface area (Å²) in [5.41, 5.74) is 1.05. The van der Waals surface area contributed by atoms with Gasteiger partial charge >= 0.3 is 0 Å². The van der Waals surface area contributed by atoms with E-state index in [2.05, 4.69) is 21.2 Å². The van der Waals surface area contributed by atoms with Crippen molar-refractivity contribution >= 4 is 26.0 Å². The maximum Gasteiger partial charge on any atom is 0.244 e. The van der Waals surface area contributed by atoms with Gasteiger partial charge in [-0.2, -0.15) is 4.31 Å². The van der Waals surface area contributed by atoms with Crippen molar-refractivity contribution in [3.05, 3.63) is 28.2 Å². The lowest BCUT2D eigenvalue weighted by molar-refractivity contribution is 0.362. The van der Waals surface area contributed by atoms with Crippen LogP contribution in [-0.2, 0) is 10.0 Å². The van der Waals surface area contributed by atoms with E-state index in [1.807, 2.05) is 19.1 Å². The molecule has 1 aromatic carbocycles. The molecule has 1 aromatic rings. The molecule has 6 heteroatoms. The summed E-state index contributed by atoms with van der Waals surface area (Å²) >= 11 is 3.41. The maximum atomic E-state index is 13.0. The Morgan fingerprint density at radius 1 is 1.33 bits per heavy atom. The third-order valence-electron chi connectivity index (χ3n) is 4.19. The average molecular weight is 373 g/mol. The molecule has 1 atom stereocenters. The first kappa shape index (κ1) is 15.5. The Balaban J connectivity index is 1.89. The van der Waals surface area contributed by atoms with Gasteiger partial charge in [-0.05, 0) is 72.8 Å². The van der Waals surface area contributed by atoms with Gasteiger partial charge in [-0.1, -0.05) is 6.07 Å². The number of benzene rings is 1. The number of aryl methyl sites for hydroxylation is 1. The molecule has 2 aliphatic rings. The topological polar surface area (TPSA) is 49.4 Å². The lowest BCUT2D eigenvalue weighted by atomic mass is 10.2. The second-order valence-electron chi connectivity index (χ2n) is 6.03. The minimum atomic E-state index is -3.43. The number of nitrogens with zero attached hydrogens (tertiary/aromatic N) is 1. The zero-order chi connectivity index (χ0) is 15.0. The Morgan fingerprint density at radius 2 is 2.10 bits per heavy atom. The van der Waals surface area contributed by atoms with Crippen LogP contribution in [0.2, 0.25) is 0 Å². The summed E-state index contributed by atoms with van der Waals surface area (Å²) in [7, 11) is -3.43. The number of halogens is 1. The van der Waals surface area contributed by atoms with Gasteiger partial charge in [0.1, 0.15) is 0 Å². The Hall–Kier alpha value is -0.430. The number of nitrogens with one attached hydrogen (secondary N) is 1. The quantitative estimate of drug-likeness (QED) is 0.864. The molecule has 116 valence electrons. The molecular weight excluding hydrogens is 352 g/mol. The fraction of sp³-hybridized carbons (Fsp3) is 0.600. The number of hydrogen-bond acceptors (Lipinski definition) is 3. The van der Waals surface area contributed by atoms with Gasteiger partial charge < -0.3 is 5.32 Å². The molecule has 1 unspecified atom stereocenters. The summed E-state index contributed by atoms with van der Waals surface area (Å²) in [4.78, 5) is 0.387. The van der Waals surface area contributed by atoms with E-state index >= 15 is 0 Å². The predicted octanol–water partition coefficient (Wildman–Crippen LogP) is 2.66. The van der Waals surface area contributed by atoms with Crippen LogP contribution in [-0.4, -0.2) is 37.9 Å². The average Bonchev–Trinajstić information content (AvgIpc) is 3.11. The summed E-state index contributed by atoms with van der Waals surface area (Å²) in [6.45, 7) is 3.55. The highest BCUT2D eigenvalue weighted by molar-refractivity contribution is 9.10. The predicted molar refractivity (Wildman–Crippen MR) is 86.8 cm³/mol. The standard InChI is InChI=1S/C15H21BrN2O2S/c1-11-4-7-15(14(16)9-11)21(19,20)18(13-5-6-13)10-12-3-2-8-17-12/h4,7,9,12-13,17H,2-3,5-6,8,10H2,1H3. The highest BCUT2D eigenvalue weighted by Gasteiger charge is 2.40. The van der Waals surface area contributed by atoms with Crippen molar-refractivity contribution < 1.29 is 8.42 Å². The monoisotopic (exact) mass is 372 g/mol. The molecule has 0 spiro atoms. The van der Waals surface area contributed by atoms with Crippen LogP contribution in [0.25, 0.3) is 0 Å². The van der Waals surface area contributed by atoms with Crippen LogP contribution < -0.4 is 5.32 Å². The van der Waals surface area contributed by atoms with E-state index < -0.39 is 10.0 Å². The highest BCUT2D eigenvalue weighted by Crippen LogP contribution is 2.35. The van der Waals surface area contributed by atoms with Crippen LogP contribution in [0, 0.1) is 6.92 Å². The van der Waals surface area contributed by atoms with Crippen molar-refractivity contribution in [3.8, 4) is 0 Å². The first-order chi connectivity index (χ1) is 9.98. The number of rotatable bonds is 5. The second-order valence-corrected chi connectivity index (χ2v) is 8.75. The lowest BCUT2D eigenvalue weighted by Gasteiger charge is -2.25. The Morgan fingerprint density at radius 3 is 2.67 bits per heavy atom. The van der Waals surface area contributed by atoms with Crippen molar-refractivity contribution in [2.75, 3.05) is 13.1 Å². The van der Waals surface area contributed by atoms with E-state index in [4.69, 9.17) is 0 Å². The molecule has 2 fully saturated rings. The minimum absolute atomic E-state index is 0.186. The highest BCUT2D eigenvalue weighted by atomic mass is 79.9. The molecule has 0 bridgehead atoms. The van der Waals surface area contributed by atoms with Crippen molar-refractivity contribution in [2.45, 2.75) is 49.6 Å². The third-order valence-corrected chi connectivity index (χ3v) is 7.09. The molecule has 1 heterocycles. The summed E-state index contributed by atoms with van der Waals surface area (Å²) in [5, 5.41) is 3.40. The number of hydrogen-bond donors (Lipinski definition) is 1. The van der Waals surface area contributed by atoms with Crippen molar-refractivity contribution in [1.82, 2.24) is 9.62 Å². The molecule has 1 saturated heterocycles. The van der Waals surface area contributed by atoms with Crippen molar-refractivity contribution in [2.24, 2.45) is 0 Å². The molecule has 4 nitrogen and oxygen atoms in total. The second kappa shape index (κ2) is 5.99. The lowest BCUT2D eigenvalue weighted by Crippen LogP contribution is -2.42. The number of sulfonamides is 1. The van der Waals surface area contributed by atoms with Crippen molar-refractivity contribution in [3.63, 3.8) is 0 Å². The molecule has 0 aromatic heterocycles. The Kier molecular flexibility index (Phi) is 4.41. The molecule has 1 N–H and O–H groups in total. The van der Waals surface area contributed by atoms with Crippen LogP contribution >= 0.6 is 15.9 Å². The Bertz CT molecular complexity index is 623. The summed E-state index contributed by atoms with van der Waals surface area (Å²) in [6.07, 6.45) is 4.16. The maximum absolute atomic E-state index is 13.0. The van der Waals surface area contributed by atoms with E-state index in [9.17, 15) is 8.42 Å². The molecule has 1 aliphatic carbocycles. The van der Waals surface area contributed by atoms with E-state index in [1.54, 1.807) is 10.4 Å². The molecular formula is C15H21BrN2O2S. The largest absolute Gasteiger partial charge is 0.313 e. The van der Waals surface area contributed by atoms with E-state index in [0.29, 0.717) is 22.0 Å². The minimum Gasteiger partial charge on any atom is -0.313 e. The van der Waals surface area contributed by atoms with E-state index in [1.165, 1.54) is 0 Å². The van der Waals surface area contributed by atoms with E-state index in [0.717, 1.165) is 37.8 Å². The van der Waals surface area contributed by atoms with Gasteiger partial charge in [0.05, 0.1) is 4.90 Å². The summed E-state index contributed by atoms with van der Waals surface area (Å²) < 4.78 is 28.4. The zero-order valence-electron chi connectivity index (χ0n) is 12.2. The Labute approximate surface area is 135 Å². The van der Waals surface area contributed by atoms with Crippen LogP contribution in [0.1, 0.15) is 31.2 Å². The molecule has 0 amide bonds. The molecule has 1 saturated carbocycles.